The molecule has 1 saturated heterocycles. The van der Waals surface area contributed by atoms with Crippen LogP contribution in [0.25, 0.3) is 11.3 Å². The number of aryl methyl sites for hydroxylation is 1. The molecule has 2 aromatic heterocycles. The lowest BCUT2D eigenvalue weighted by Crippen LogP contribution is -2.53. The monoisotopic (exact) mass is 398 g/mol. The number of urea groups is 1. The maximum atomic E-state index is 14.0. The predicted molar refractivity (Wildman–Crippen MR) is 105 cm³/mol. The number of halogens is 2. The zero-order valence-electron chi connectivity index (χ0n) is 15.8. The third-order valence-corrected chi connectivity index (χ3v) is 4.98. The lowest BCUT2D eigenvalue weighted by atomic mass is 10.0. The summed E-state index contributed by atoms with van der Waals surface area (Å²) in [6, 6.07) is 5.97. The van der Waals surface area contributed by atoms with Crippen molar-refractivity contribution in [2.24, 2.45) is 5.92 Å². The maximum Gasteiger partial charge on any atom is 0.323 e. The summed E-state index contributed by atoms with van der Waals surface area (Å²) in [5.74, 6) is -0.919. The lowest BCUT2D eigenvalue weighted by molar-refractivity contribution is 0.119. The number of anilines is 2. The summed E-state index contributed by atoms with van der Waals surface area (Å²) < 4.78 is 29.2. The van der Waals surface area contributed by atoms with Crippen LogP contribution in [0.1, 0.15) is 5.69 Å². The first kappa shape index (κ1) is 18.9. The number of nitrogen functional groups attached to an aromatic ring is 1. The Balaban J connectivity index is 1.42. The Kier molecular flexibility index (Phi) is 4.87. The molecule has 0 unspecified atom stereocenters. The Morgan fingerprint density at radius 3 is 2.76 bits per heavy atom. The Bertz CT molecular complexity index is 1060. The number of likely N-dealkylation sites (tertiary alicyclic amines) is 1. The van der Waals surface area contributed by atoms with Gasteiger partial charge >= 0.3 is 6.03 Å². The first-order chi connectivity index (χ1) is 13.9. The van der Waals surface area contributed by atoms with Crippen LogP contribution in [0.4, 0.5) is 25.1 Å². The number of hydrogen-bond acceptors (Lipinski definition) is 4. The van der Waals surface area contributed by atoms with Crippen molar-refractivity contribution < 1.29 is 13.6 Å². The smallest absolute Gasteiger partial charge is 0.323 e. The predicted octanol–water partition coefficient (Wildman–Crippen LogP) is 3.28. The van der Waals surface area contributed by atoms with Gasteiger partial charge in [0.05, 0.1) is 17.7 Å². The normalized spacial score (nSPS) is 14.0. The number of nitrogens with two attached hydrogens (primary N) is 1. The maximum absolute atomic E-state index is 14.0. The number of hydrogen-bond donors (Lipinski definition) is 2. The molecule has 0 spiro atoms. The largest absolute Gasteiger partial charge is 0.396 e. The van der Waals surface area contributed by atoms with Crippen LogP contribution >= 0.6 is 0 Å². The quantitative estimate of drug-likeness (QED) is 0.706. The molecular formula is C20H20F2N6O. The molecule has 1 aliphatic rings. The Morgan fingerprint density at radius 2 is 2.07 bits per heavy atom. The Labute approximate surface area is 166 Å². The van der Waals surface area contributed by atoms with Crippen molar-refractivity contribution in [2.75, 3.05) is 24.1 Å². The van der Waals surface area contributed by atoms with Crippen molar-refractivity contribution in [2.45, 2.75) is 13.5 Å². The van der Waals surface area contributed by atoms with Crippen molar-refractivity contribution in [3.05, 3.63) is 60.2 Å². The van der Waals surface area contributed by atoms with Gasteiger partial charge in [0.2, 0.25) is 0 Å². The minimum atomic E-state index is -0.736. The molecule has 2 amide bonds. The van der Waals surface area contributed by atoms with Gasteiger partial charge in [0.1, 0.15) is 11.6 Å². The van der Waals surface area contributed by atoms with E-state index in [1.807, 2.05) is 6.92 Å². The number of nitrogens with one attached hydrogen (secondary N) is 1. The highest BCUT2D eigenvalue weighted by molar-refractivity contribution is 5.92. The van der Waals surface area contributed by atoms with Gasteiger partial charge in [-0.3, -0.25) is 5.32 Å². The van der Waals surface area contributed by atoms with E-state index >= 15 is 0 Å². The SMILES string of the molecule is Cc1cncn1CC1CN(C(=O)Nc2nc(-c3ccc(F)cc3F)ccc2N)C1. The van der Waals surface area contributed by atoms with Crippen LogP contribution < -0.4 is 11.1 Å². The molecule has 0 saturated carbocycles. The first-order valence-corrected chi connectivity index (χ1v) is 9.15. The summed E-state index contributed by atoms with van der Waals surface area (Å²) >= 11 is 0. The number of rotatable bonds is 4. The topological polar surface area (TPSA) is 89.1 Å². The van der Waals surface area contributed by atoms with Gasteiger partial charge in [0.25, 0.3) is 0 Å². The van der Waals surface area contributed by atoms with Gasteiger partial charge in [-0.1, -0.05) is 0 Å². The van der Waals surface area contributed by atoms with E-state index in [1.165, 1.54) is 18.2 Å². The third-order valence-electron chi connectivity index (χ3n) is 4.98. The molecule has 4 rings (SSSR count). The first-order valence-electron chi connectivity index (χ1n) is 9.15. The zero-order valence-corrected chi connectivity index (χ0v) is 15.8. The number of benzene rings is 1. The molecule has 0 radical (unpaired) electrons. The summed E-state index contributed by atoms with van der Waals surface area (Å²) in [7, 11) is 0. The number of imidazole rings is 1. The fraction of sp³-hybridized carbons (Fsp3) is 0.250. The summed E-state index contributed by atoms with van der Waals surface area (Å²) in [6.45, 7) is 4.00. The summed E-state index contributed by atoms with van der Waals surface area (Å²) in [5.41, 5.74) is 7.63. The van der Waals surface area contributed by atoms with Crippen molar-refractivity contribution in [1.29, 1.82) is 0 Å². The fourth-order valence-corrected chi connectivity index (χ4v) is 3.30. The van der Waals surface area contributed by atoms with E-state index < -0.39 is 11.6 Å². The molecule has 1 aromatic carbocycles. The molecule has 9 heteroatoms. The molecule has 0 atom stereocenters. The van der Waals surface area contributed by atoms with E-state index in [0.717, 1.165) is 24.4 Å². The van der Waals surface area contributed by atoms with Gasteiger partial charge in [0.15, 0.2) is 5.82 Å². The van der Waals surface area contributed by atoms with Crippen molar-refractivity contribution in [3.8, 4) is 11.3 Å². The van der Waals surface area contributed by atoms with Crippen LogP contribution in [0.15, 0.2) is 42.9 Å². The second kappa shape index (κ2) is 7.50. The van der Waals surface area contributed by atoms with Gasteiger partial charge in [0, 0.05) is 49.1 Å². The number of nitrogens with zero attached hydrogens (tertiary/aromatic N) is 4. The molecule has 150 valence electrons. The standard InChI is InChI=1S/C20H20F2N6O/c1-12-7-24-11-28(12)10-13-8-27(9-13)20(29)26-19-17(23)4-5-18(25-19)15-3-2-14(21)6-16(15)22/h2-7,11,13H,8-10,23H2,1H3,(H,25,26,29). The molecule has 1 fully saturated rings. The number of amides is 2. The van der Waals surface area contributed by atoms with Crippen molar-refractivity contribution >= 4 is 17.5 Å². The van der Waals surface area contributed by atoms with E-state index in [1.54, 1.807) is 17.4 Å². The average molecular weight is 398 g/mol. The second-order valence-corrected chi connectivity index (χ2v) is 7.15. The molecule has 0 bridgehead atoms. The number of pyridine rings is 1. The van der Waals surface area contributed by atoms with Gasteiger partial charge in [-0.05, 0) is 31.2 Å². The molecule has 7 nitrogen and oxygen atoms in total. The minimum Gasteiger partial charge on any atom is -0.396 e. The molecule has 1 aliphatic heterocycles. The Hall–Kier alpha value is -3.49. The highest BCUT2D eigenvalue weighted by atomic mass is 19.1. The average Bonchev–Trinajstić information content (AvgIpc) is 3.04. The number of aromatic nitrogens is 3. The van der Waals surface area contributed by atoms with Gasteiger partial charge in [-0.25, -0.2) is 23.5 Å². The highest BCUT2D eigenvalue weighted by Gasteiger charge is 2.31. The van der Waals surface area contributed by atoms with Crippen LogP contribution in [-0.2, 0) is 6.54 Å². The lowest BCUT2D eigenvalue weighted by Gasteiger charge is -2.39. The molecule has 3 heterocycles. The van der Waals surface area contributed by atoms with E-state index in [0.29, 0.717) is 19.0 Å². The van der Waals surface area contributed by atoms with E-state index in [2.05, 4.69) is 19.9 Å². The van der Waals surface area contributed by atoms with Crippen LogP contribution in [0.5, 0.6) is 0 Å². The van der Waals surface area contributed by atoms with Crippen LogP contribution in [0.2, 0.25) is 0 Å². The highest BCUT2D eigenvalue weighted by Crippen LogP contribution is 2.27. The van der Waals surface area contributed by atoms with E-state index in [4.69, 9.17) is 5.73 Å². The number of carbonyl (C=O) groups is 1. The van der Waals surface area contributed by atoms with E-state index in [-0.39, 0.29) is 28.8 Å². The minimum absolute atomic E-state index is 0.126. The Morgan fingerprint density at radius 1 is 1.28 bits per heavy atom. The molecule has 29 heavy (non-hydrogen) atoms. The van der Waals surface area contributed by atoms with Crippen LogP contribution in [0.3, 0.4) is 0 Å². The third kappa shape index (κ3) is 3.89. The van der Waals surface area contributed by atoms with Gasteiger partial charge in [-0.2, -0.15) is 0 Å². The van der Waals surface area contributed by atoms with E-state index in [9.17, 15) is 13.6 Å². The number of carbonyl (C=O) groups excluding carboxylic acids is 1. The van der Waals surface area contributed by atoms with Crippen molar-refractivity contribution in [1.82, 2.24) is 19.4 Å². The summed E-state index contributed by atoms with van der Waals surface area (Å²) in [6.07, 6.45) is 3.58. The van der Waals surface area contributed by atoms with Gasteiger partial charge in [-0.15, -0.1) is 0 Å². The van der Waals surface area contributed by atoms with Crippen LogP contribution in [0, 0.1) is 24.5 Å². The second-order valence-electron chi connectivity index (χ2n) is 7.15. The summed E-state index contributed by atoms with van der Waals surface area (Å²) in [4.78, 5) is 22.5. The fourth-order valence-electron chi connectivity index (χ4n) is 3.30. The summed E-state index contributed by atoms with van der Waals surface area (Å²) in [5, 5.41) is 2.68. The molecule has 3 N–H and O–H groups in total. The van der Waals surface area contributed by atoms with Gasteiger partial charge < -0.3 is 15.2 Å². The molecular weight excluding hydrogens is 378 g/mol. The van der Waals surface area contributed by atoms with Crippen molar-refractivity contribution in [3.63, 3.8) is 0 Å². The van der Waals surface area contributed by atoms with Crippen LogP contribution in [-0.4, -0.2) is 38.6 Å². The molecule has 0 aliphatic carbocycles. The zero-order chi connectivity index (χ0) is 20.5. The molecule has 3 aromatic rings.